The van der Waals surface area contributed by atoms with Gasteiger partial charge in [0.1, 0.15) is 23.7 Å². The zero-order valence-electron chi connectivity index (χ0n) is 17.0. The molecule has 11 heteroatoms. The lowest BCUT2D eigenvalue weighted by molar-refractivity contribution is -0.141. The molecule has 3 aromatic rings. The van der Waals surface area contributed by atoms with Gasteiger partial charge in [-0.1, -0.05) is 0 Å². The van der Waals surface area contributed by atoms with Gasteiger partial charge in [0, 0.05) is 31.9 Å². The van der Waals surface area contributed by atoms with Crippen LogP contribution >= 0.6 is 0 Å². The van der Waals surface area contributed by atoms with Crippen LogP contribution in [0.1, 0.15) is 28.2 Å². The van der Waals surface area contributed by atoms with Crippen molar-refractivity contribution in [3.63, 3.8) is 0 Å². The fourth-order valence-corrected chi connectivity index (χ4v) is 3.56. The molecule has 31 heavy (non-hydrogen) atoms. The van der Waals surface area contributed by atoms with E-state index in [4.69, 9.17) is 5.11 Å². The number of carbonyl (C=O) groups excluding carboxylic acids is 2. The summed E-state index contributed by atoms with van der Waals surface area (Å²) in [6.45, 7) is 0.522. The first-order chi connectivity index (χ1) is 14.8. The van der Waals surface area contributed by atoms with Gasteiger partial charge < -0.3 is 25.2 Å². The van der Waals surface area contributed by atoms with E-state index < -0.39 is 12.0 Å². The molecule has 0 saturated carbocycles. The monoisotopic (exact) mass is 423 g/mol. The molecule has 1 atom stereocenters. The molecule has 0 spiro atoms. The maximum atomic E-state index is 13.0. The number of likely N-dealkylation sites (N-methyl/N-ethyl adjacent to an activating group) is 1. The van der Waals surface area contributed by atoms with Gasteiger partial charge in [0.15, 0.2) is 5.65 Å². The highest BCUT2D eigenvalue weighted by atomic mass is 16.4. The highest BCUT2D eigenvalue weighted by Gasteiger charge is 2.29. The van der Waals surface area contributed by atoms with Gasteiger partial charge in [-0.2, -0.15) is 0 Å². The summed E-state index contributed by atoms with van der Waals surface area (Å²) in [4.78, 5) is 55.0. The molecular weight excluding hydrogens is 402 g/mol. The number of carboxylic acids is 1. The first-order valence-corrected chi connectivity index (χ1v) is 9.58. The van der Waals surface area contributed by atoms with Crippen LogP contribution in [0.3, 0.4) is 0 Å². The Morgan fingerprint density at radius 2 is 2.16 bits per heavy atom. The first-order valence-electron chi connectivity index (χ1n) is 9.58. The lowest BCUT2D eigenvalue weighted by Crippen LogP contribution is -2.39. The molecule has 0 unspecified atom stereocenters. The molecule has 3 heterocycles. The average Bonchev–Trinajstić information content (AvgIpc) is 3.10. The quantitative estimate of drug-likeness (QED) is 0.548. The predicted octanol–water partition coefficient (Wildman–Crippen LogP) is 0.852. The summed E-state index contributed by atoms with van der Waals surface area (Å²) in [5, 5.41) is 12.1. The normalized spacial score (nSPS) is 15.9. The zero-order chi connectivity index (χ0) is 22.1. The minimum atomic E-state index is -1.06. The molecule has 1 aliphatic heterocycles. The predicted molar refractivity (Wildman–Crippen MR) is 110 cm³/mol. The van der Waals surface area contributed by atoms with Crippen molar-refractivity contribution in [3.8, 4) is 0 Å². The van der Waals surface area contributed by atoms with Gasteiger partial charge >= 0.3 is 5.97 Å². The van der Waals surface area contributed by atoms with Crippen molar-refractivity contribution >= 4 is 34.6 Å². The Labute approximate surface area is 177 Å². The average molecular weight is 423 g/mol. The molecule has 160 valence electrons. The Kier molecular flexibility index (Phi) is 5.24. The standard InChI is InChI=1S/C20H21N7O4/c1-26-8-12-5-11(3-4-13(12)23-14(20(26)31)6-17(28)29)19(30)27(2)9-16-24-15-7-21-10-22-18(15)25-16/h3-5,7,10,14,23H,6,8-9H2,1-2H3,(H,28,29)(H,21,22,24,25)/t14-/m0/s1. The van der Waals surface area contributed by atoms with E-state index in [1.807, 2.05) is 0 Å². The number of amides is 2. The van der Waals surface area contributed by atoms with Crippen molar-refractivity contribution in [1.29, 1.82) is 0 Å². The summed E-state index contributed by atoms with van der Waals surface area (Å²) in [6, 6.07) is 4.22. The molecule has 0 fully saturated rings. The third kappa shape index (κ3) is 4.15. The van der Waals surface area contributed by atoms with Crippen molar-refractivity contribution in [1.82, 2.24) is 29.7 Å². The highest BCUT2D eigenvalue weighted by molar-refractivity contribution is 5.95. The maximum absolute atomic E-state index is 13.0. The van der Waals surface area contributed by atoms with Crippen LogP contribution in [0.2, 0.25) is 0 Å². The molecule has 0 aliphatic carbocycles. The van der Waals surface area contributed by atoms with Crippen LogP contribution in [0.5, 0.6) is 0 Å². The number of hydrogen-bond donors (Lipinski definition) is 3. The molecule has 0 saturated heterocycles. The second-order valence-corrected chi connectivity index (χ2v) is 7.47. The zero-order valence-corrected chi connectivity index (χ0v) is 17.0. The number of hydrogen-bond acceptors (Lipinski definition) is 7. The SMILES string of the molecule is CN(Cc1nc2ncncc2[nH]1)C(=O)c1ccc2c(c1)CN(C)C(=O)[C@H](CC(=O)O)N2. The van der Waals surface area contributed by atoms with Gasteiger partial charge in [-0.3, -0.25) is 14.4 Å². The summed E-state index contributed by atoms with van der Waals surface area (Å²) in [6.07, 6.45) is 2.71. The number of aliphatic carboxylic acids is 1. The Morgan fingerprint density at radius 1 is 1.35 bits per heavy atom. The van der Waals surface area contributed by atoms with Gasteiger partial charge in [0.2, 0.25) is 5.91 Å². The molecule has 3 N–H and O–H groups in total. The van der Waals surface area contributed by atoms with E-state index in [9.17, 15) is 14.4 Å². The molecule has 0 bridgehead atoms. The van der Waals surface area contributed by atoms with Crippen LogP contribution < -0.4 is 5.32 Å². The Balaban J connectivity index is 1.53. The van der Waals surface area contributed by atoms with E-state index in [1.54, 1.807) is 38.5 Å². The Hall–Kier alpha value is -4.02. The second-order valence-electron chi connectivity index (χ2n) is 7.47. The molecule has 11 nitrogen and oxygen atoms in total. The van der Waals surface area contributed by atoms with Gasteiger partial charge in [0.25, 0.3) is 5.91 Å². The minimum absolute atomic E-state index is 0.213. The van der Waals surface area contributed by atoms with E-state index in [-0.39, 0.29) is 31.3 Å². The number of anilines is 1. The van der Waals surface area contributed by atoms with Gasteiger partial charge in [0.05, 0.1) is 19.2 Å². The summed E-state index contributed by atoms with van der Waals surface area (Å²) < 4.78 is 0. The summed E-state index contributed by atoms with van der Waals surface area (Å²) in [7, 11) is 3.28. The number of benzene rings is 1. The Bertz CT molecular complexity index is 1140. The summed E-state index contributed by atoms with van der Waals surface area (Å²) in [5.74, 6) is -0.997. The number of rotatable bonds is 5. The highest BCUT2D eigenvalue weighted by Crippen LogP contribution is 2.25. The van der Waals surface area contributed by atoms with Crippen LogP contribution in [0.25, 0.3) is 11.2 Å². The van der Waals surface area contributed by atoms with Crippen molar-refractivity contribution in [2.24, 2.45) is 0 Å². The smallest absolute Gasteiger partial charge is 0.305 e. The molecule has 2 amide bonds. The topological polar surface area (TPSA) is 144 Å². The number of nitrogens with zero attached hydrogens (tertiary/aromatic N) is 5. The fourth-order valence-electron chi connectivity index (χ4n) is 3.56. The van der Waals surface area contributed by atoms with Crippen molar-refractivity contribution < 1.29 is 19.5 Å². The van der Waals surface area contributed by atoms with Gasteiger partial charge in [-0.05, 0) is 23.8 Å². The molecular formula is C20H21N7O4. The number of imidazole rings is 1. The van der Waals surface area contributed by atoms with Crippen LogP contribution in [-0.4, -0.2) is 72.8 Å². The number of H-pyrrole nitrogens is 1. The number of carbonyl (C=O) groups is 3. The fraction of sp³-hybridized carbons (Fsp3) is 0.300. The van der Waals surface area contributed by atoms with Crippen molar-refractivity contribution in [2.45, 2.75) is 25.6 Å². The van der Waals surface area contributed by atoms with Crippen LogP contribution in [0.4, 0.5) is 5.69 Å². The second kappa shape index (κ2) is 8.01. The summed E-state index contributed by atoms with van der Waals surface area (Å²) in [5.41, 5.74) is 3.06. The molecule has 0 radical (unpaired) electrons. The minimum Gasteiger partial charge on any atom is -0.481 e. The molecule has 1 aliphatic rings. The van der Waals surface area contributed by atoms with E-state index in [2.05, 4.69) is 25.3 Å². The first kappa shape index (κ1) is 20.3. The maximum Gasteiger partial charge on any atom is 0.305 e. The third-order valence-corrected chi connectivity index (χ3v) is 5.09. The number of aromatic nitrogens is 4. The summed E-state index contributed by atoms with van der Waals surface area (Å²) >= 11 is 0. The molecule has 1 aromatic carbocycles. The number of aromatic amines is 1. The van der Waals surface area contributed by atoms with Crippen LogP contribution in [0.15, 0.2) is 30.7 Å². The van der Waals surface area contributed by atoms with Crippen molar-refractivity contribution in [2.75, 3.05) is 19.4 Å². The number of carboxylic acid groups (broad SMARTS) is 1. The number of nitrogens with one attached hydrogen (secondary N) is 2. The molecule has 2 aromatic heterocycles. The van der Waals surface area contributed by atoms with E-state index in [0.717, 1.165) is 5.56 Å². The lowest BCUT2D eigenvalue weighted by atomic mass is 10.1. The third-order valence-electron chi connectivity index (χ3n) is 5.09. The van der Waals surface area contributed by atoms with E-state index in [0.29, 0.717) is 28.2 Å². The lowest BCUT2D eigenvalue weighted by Gasteiger charge is -2.19. The number of fused-ring (bicyclic) bond motifs is 2. The van der Waals surface area contributed by atoms with Crippen LogP contribution in [-0.2, 0) is 22.7 Å². The van der Waals surface area contributed by atoms with Crippen molar-refractivity contribution in [3.05, 3.63) is 47.7 Å². The van der Waals surface area contributed by atoms with Crippen LogP contribution in [0, 0.1) is 0 Å². The molecule has 4 rings (SSSR count). The largest absolute Gasteiger partial charge is 0.481 e. The van der Waals surface area contributed by atoms with E-state index >= 15 is 0 Å². The van der Waals surface area contributed by atoms with E-state index in [1.165, 1.54) is 16.1 Å². The van der Waals surface area contributed by atoms with Gasteiger partial charge in [-0.25, -0.2) is 15.0 Å². The Morgan fingerprint density at radius 3 is 2.90 bits per heavy atom. The van der Waals surface area contributed by atoms with Gasteiger partial charge in [-0.15, -0.1) is 0 Å².